The molecular weight excluding hydrogens is 428 g/mol. The van der Waals surface area contributed by atoms with E-state index < -0.39 is 10.0 Å². The first kappa shape index (κ1) is 20.3. The number of nitrogens with zero attached hydrogens (tertiary/aromatic N) is 2. The van der Waals surface area contributed by atoms with E-state index in [1.165, 1.54) is 46.8 Å². The van der Waals surface area contributed by atoms with Gasteiger partial charge < -0.3 is 5.32 Å². The number of nitrogens with two attached hydrogens (primary N) is 1. The van der Waals surface area contributed by atoms with E-state index in [1.807, 2.05) is 6.92 Å². The Morgan fingerprint density at radius 3 is 2.86 bits per heavy atom. The number of rotatable bonds is 5. The molecule has 0 radical (unpaired) electrons. The van der Waals surface area contributed by atoms with Crippen LogP contribution in [0.5, 0.6) is 0 Å². The van der Waals surface area contributed by atoms with Crippen LogP contribution >= 0.6 is 23.1 Å². The first-order valence-electron chi connectivity index (χ1n) is 9.15. The van der Waals surface area contributed by atoms with Gasteiger partial charge in [0.2, 0.25) is 15.9 Å². The zero-order valence-corrected chi connectivity index (χ0v) is 18.2. The number of hydrogen-bond donors (Lipinski definition) is 2. The number of carbonyl (C=O) groups excluding carboxylic acids is 1. The summed E-state index contributed by atoms with van der Waals surface area (Å²) in [5.41, 5.74) is 1.72. The summed E-state index contributed by atoms with van der Waals surface area (Å²) in [7, 11) is -3.82. The van der Waals surface area contributed by atoms with E-state index in [0.717, 1.165) is 34.5 Å². The molecule has 3 N–H and O–H groups in total. The van der Waals surface area contributed by atoms with E-state index in [1.54, 1.807) is 17.4 Å². The van der Waals surface area contributed by atoms with E-state index in [0.29, 0.717) is 11.5 Å². The molecule has 7 nitrogen and oxygen atoms in total. The maximum atomic E-state index is 12.4. The fourth-order valence-electron chi connectivity index (χ4n) is 3.41. The molecule has 0 atom stereocenters. The largest absolute Gasteiger partial charge is 0.325 e. The van der Waals surface area contributed by atoms with Crippen LogP contribution in [-0.2, 0) is 27.7 Å². The smallest absolute Gasteiger partial charge is 0.238 e. The highest BCUT2D eigenvalue weighted by Gasteiger charge is 2.21. The van der Waals surface area contributed by atoms with Crippen LogP contribution in [0.25, 0.3) is 10.2 Å². The first-order chi connectivity index (χ1) is 13.8. The van der Waals surface area contributed by atoms with Gasteiger partial charge in [0.25, 0.3) is 0 Å². The third kappa shape index (κ3) is 4.45. The summed E-state index contributed by atoms with van der Waals surface area (Å²) in [5, 5.41) is 9.79. The van der Waals surface area contributed by atoms with Crippen molar-refractivity contribution in [3.05, 3.63) is 40.5 Å². The minimum absolute atomic E-state index is 0.0408. The molecule has 0 aliphatic heterocycles. The summed E-state index contributed by atoms with van der Waals surface area (Å²) in [6.45, 7) is 1.86. The van der Waals surface area contributed by atoms with Crippen molar-refractivity contribution in [2.24, 2.45) is 5.14 Å². The van der Waals surface area contributed by atoms with Crippen LogP contribution in [0.2, 0.25) is 0 Å². The third-order valence-corrected chi connectivity index (χ3v) is 7.75. The van der Waals surface area contributed by atoms with Gasteiger partial charge in [-0.3, -0.25) is 4.79 Å². The molecule has 152 valence electrons. The van der Waals surface area contributed by atoms with Crippen molar-refractivity contribution < 1.29 is 13.2 Å². The number of amides is 1. The number of thioether (sulfide) groups is 1. The lowest BCUT2D eigenvalue weighted by atomic mass is 9.97. The highest BCUT2D eigenvalue weighted by molar-refractivity contribution is 8.00. The van der Waals surface area contributed by atoms with Crippen molar-refractivity contribution in [3.63, 3.8) is 0 Å². The second-order valence-corrected chi connectivity index (χ2v) is 10.5. The normalized spacial score (nSPS) is 14.0. The fraction of sp³-hybridized carbons (Fsp3) is 0.316. The summed E-state index contributed by atoms with van der Waals surface area (Å²) in [6.07, 6.45) is 4.48. The summed E-state index contributed by atoms with van der Waals surface area (Å²) in [6, 6.07) is 5.90. The number of thiophene rings is 1. The number of sulfonamides is 1. The maximum absolute atomic E-state index is 12.4. The van der Waals surface area contributed by atoms with Gasteiger partial charge in [-0.2, -0.15) is 0 Å². The van der Waals surface area contributed by atoms with Gasteiger partial charge in [-0.05, 0) is 56.4 Å². The van der Waals surface area contributed by atoms with Gasteiger partial charge in [-0.15, -0.1) is 11.3 Å². The lowest BCUT2D eigenvalue weighted by Crippen LogP contribution is -2.16. The number of aromatic nitrogens is 2. The SMILES string of the molecule is Cc1nc(SCC(=O)Nc2cccc(S(N)(=O)=O)c2)c2c3c(sc2n1)CCCC3. The van der Waals surface area contributed by atoms with Gasteiger partial charge in [0, 0.05) is 16.0 Å². The van der Waals surface area contributed by atoms with Crippen LogP contribution in [0, 0.1) is 6.92 Å². The first-order valence-corrected chi connectivity index (χ1v) is 12.5. The zero-order chi connectivity index (χ0) is 20.6. The highest BCUT2D eigenvalue weighted by Crippen LogP contribution is 2.39. The molecule has 4 rings (SSSR count). The van der Waals surface area contributed by atoms with Crippen LogP contribution in [0.3, 0.4) is 0 Å². The number of fused-ring (bicyclic) bond motifs is 3. The fourth-order valence-corrected chi connectivity index (χ4v) is 6.24. The summed E-state index contributed by atoms with van der Waals surface area (Å²) in [4.78, 5) is 24.0. The third-order valence-electron chi connectivity index (χ3n) is 4.68. The van der Waals surface area contributed by atoms with Crippen molar-refractivity contribution >= 4 is 54.9 Å². The van der Waals surface area contributed by atoms with Crippen molar-refractivity contribution in [1.29, 1.82) is 0 Å². The average Bonchev–Trinajstić information content (AvgIpc) is 3.03. The Bertz CT molecular complexity index is 1200. The molecule has 0 saturated carbocycles. The molecule has 0 saturated heterocycles. The Morgan fingerprint density at radius 2 is 2.07 bits per heavy atom. The molecule has 0 spiro atoms. The number of carbonyl (C=O) groups is 1. The molecule has 10 heteroatoms. The molecule has 1 amide bonds. The quantitative estimate of drug-likeness (QED) is 0.457. The average molecular weight is 449 g/mol. The van der Waals surface area contributed by atoms with Crippen LogP contribution in [-0.4, -0.2) is 30.0 Å². The van der Waals surface area contributed by atoms with E-state index in [2.05, 4.69) is 15.3 Å². The number of benzene rings is 1. The lowest BCUT2D eigenvalue weighted by molar-refractivity contribution is -0.113. The number of hydrogen-bond acceptors (Lipinski definition) is 7. The minimum atomic E-state index is -3.82. The second-order valence-electron chi connectivity index (χ2n) is 6.88. The Balaban J connectivity index is 1.53. The van der Waals surface area contributed by atoms with Crippen LogP contribution in [0.1, 0.15) is 29.1 Å². The van der Waals surface area contributed by atoms with Crippen molar-refractivity contribution in [1.82, 2.24) is 9.97 Å². The summed E-state index contributed by atoms with van der Waals surface area (Å²) < 4.78 is 23.0. The molecular formula is C19H20N4O3S3. The van der Waals surface area contributed by atoms with Crippen LogP contribution < -0.4 is 10.5 Å². The minimum Gasteiger partial charge on any atom is -0.325 e. The number of primary sulfonamides is 1. The molecule has 0 bridgehead atoms. The molecule has 1 aliphatic rings. The van der Waals surface area contributed by atoms with E-state index >= 15 is 0 Å². The molecule has 1 aromatic carbocycles. The Morgan fingerprint density at radius 1 is 1.28 bits per heavy atom. The standard InChI is InChI=1S/C19H20N4O3S3/c1-11-21-18(17-14-7-2-3-8-15(14)28-19(17)22-11)27-10-16(24)23-12-5-4-6-13(9-12)29(20,25)26/h4-6,9H,2-3,7-8,10H2,1H3,(H,23,24)(H2,20,25,26). The second kappa shape index (κ2) is 8.02. The molecule has 1 aliphatic carbocycles. The zero-order valence-electron chi connectivity index (χ0n) is 15.8. The number of nitrogens with one attached hydrogen (secondary N) is 1. The van der Waals surface area contributed by atoms with Gasteiger partial charge in [-0.1, -0.05) is 17.8 Å². The Kier molecular flexibility index (Phi) is 5.60. The van der Waals surface area contributed by atoms with Crippen LogP contribution in [0.15, 0.2) is 34.2 Å². The topological polar surface area (TPSA) is 115 Å². The Hall–Kier alpha value is -2.01. The predicted molar refractivity (Wildman–Crippen MR) is 116 cm³/mol. The summed E-state index contributed by atoms with van der Waals surface area (Å²) in [5.74, 6) is 0.616. The van der Waals surface area contributed by atoms with Gasteiger partial charge in [0.15, 0.2) is 0 Å². The molecule has 3 aromatic rings. The molecule has 2 heterocycles. The molecule has 29 heavy (non-hydrogen) atoms. The summed E-state index contributed by atoms with van der Waals surface area (Å²) >= 11 is 3.11. The van der Waals surface area contributed by atoms with E-state index in [9.17, 15) is 13.2 Å². The van der Waals surface area contributed by atoms with Crippen LogP contribution in [0.4, 0.5) is 5.69 Å². The molecule has 0 unspecified atom stereocenters. The lowest BCUT2D eigenvalue weighted by Gasteiger charge is -2.12. The highest BCUT2D eigenvalue weighted by atomic mass is 32.2. The van der Waals surface area contributed by atoms with Gasteiger partial charge in [0.05, 0.1) is 10.6 Å². The van der Waals surface area contributed by atoms with Gasteiger partial charge in [0.1, 0.15) is 15.7 Å². The maximum Gasteiger partial charge on any atom is 0.238 e. The van der Waals surface area contributed by atoms with E-state index in [-0.39, 0.29) is 16.6 Å². The molecule has 2 aromatic heterocycles. The van der Waals surface area contributed by atoms with Gasteiger partial charge >= 0.3 is 0 Å². The van der Waals surface area contributed by atoms with Crippen molar-refractivity contribution in [2.75, 3.05) is 11.1 Å². The monoisotopic (exact) mass is 448 g/mol. The van der Waals surface area contributed by atoms with Crippen molar-refractivity contribution in [2.45, 2.75) is 42.5 Å². The van der Waals surface area contributed by atoms with E-state index in [4.69, 9.17) is 5.14 Å². The Labute approximate surface area is 177 Å². The van der Waals surface area contributed by atoms with Gasteiger partial charge in [-0.25, -0.2) is 23.5 Å². The number of aryl methyl sites for hydroxylation is 3. The predicted octanol–water partition coefficient (Wildman–Crippen LogP) is 3.26. The molecule has 0 fully saturated rings. The van der Waals surface area contributed by atoms with Crippen molar-refractivity contribution in [3.8, 4) is 0 Å². The number of anilines is 1.